The van der Waals surface area contributed by atoms with Crippen LogP contribution in [0.15, 0.2) is 85.1 Å². The lowest BCUT2D eigenvalue weighted by Crippen LogP contribution is -2.47. The van der Waals surface area contributed by atoms with Gasteiger partial charge in [0.15, 0.2) is 5.75 Å². The lowest BCUT2D eigenvalue weighted by molar-refractivity contribution is -0.127. The molecule has 0 aliphatic carbocycles. The van der Waals surface area contributed by atoms with Crippen molar-refractivity contribution in [3.63, 3.8) is 0 Å². The van der Waals surface area contributed by atoms with Gasteiger partial charge in [0.2, 0.25) is 11.8 Å². The predicted molar refractivity (Wildman–Crippen MR) is 173 cm³/mol. The zero-order valence-electron chi connectivity index (χ0n) is 24.6. The number of carbonyl (C=O) groups excluding carboxylic acids is 1. The minimum atomic E-state index is 0.00614. The molecule has 0 radical (unpaired) electrons. The minimum absolute atomic E-state index is 0.00614. The van der Waals surface area contributed by atoms with E-state index in [1.54, 1.807) is 18.3 Å². The molecule has 6 nitrogen and oxygen atoms in total. The van der Waals surface area contributed by atoms with E-state index in [2.05, 4.69) is 28.9 Å². The van der Waals surface area contributed by atoms with Gasteiger partial charge in [-0.1, -0.05) is 65.2 Å². The van der Waals surface area contributed by atoms with Gasteiger partial charge in [-0.3, -0.25) is 9.69 Å². The molecule has 1 fully saturated rings. The first kappa shape index (κ1) is 30.6. The number of pyridine rings is 1. The molecule has 0 bridgehead atoms. The first-order chi connectivity index (χ1) is 20.7. The lowest BCUT2D eigenvalue weighted by atomic mass is 10.0. The summed E-state index contributed by atoms with van der Waals surface area (Å²) in [5.41, 5.74) is 6.09. The van der Waals surface area contributed by atoms with Crippen molar-refractivity contribution < 1.29 is 14.3 Å². The van der Waals surface area contributed by atoms with E-state index in [9.17, 15) is 4.79 Å². The summed E-state index contributed by atoms with van der Waals surface area (Å²) in [6.07, 6.45) is 3.33. The SMILES string of the molecule is C/C(=C/C(=O)N1CCN(Cc2ccc(Cl)cc2)CC1)c1cc(C)c(Oc2ccc(OCc3ccc(C)cc3)cn2)c(Cl)c1. The second-order valence-electron chi connectivity index (χ2n) is 10.9. The molecule has 8 heteroatoms. The van der Waals surface area contributed by atoms with E-state index < -0.39 is 0 Å². The average molecular weight is 617 g/mol. The van der Waals surface area contributed by atoms with Crippen molar-refractivity contribution in [2.75, 3.05) is 26.2 Å². The average Bonchev–Trinajstić information content (AvgIpc) is 3.00. The van der Waals surface area contributed by atoms with E-state index in [-0.39, 0.29) is 5.91 Å². The fraction of sp³-hybridized carbons (Fsp3) is 0.257. The quantitative estimate of drug-likeness (QED) is 0.178. The van der Waals surface area contributed by atoms with Gasteiger partial charge in [0, 0.05) is 49.9 Å². The molecule has 0 spiro atoms. The van der Waals surface area contributed by atoms with Gasteiger partial charge in [-0.15, -0.1) is 0 Å². The van der Waals surface area contributed by atoms with Crippen molar-refractivity contribution in [2.24, 2.45) is 0 Å². The number of aromatic nitrogens is 1. The third-order valence-electron chi connectivity index (χ3n) is 7.47. The summed E-state index contributed by atoms with van der Waals surface area (Å²) >= 11 is 12.7. The number of nitrogens with zero attached hydrogens (tertiary/aromatic N) is 3. The number of ether oxygens (including phenoxy) is 2. The number of rotatable bonds is 9. The molecule has 3 aromatic carbocycles. The molecule has 1 aliphatic heterocycles. The molecule has 1 amide bonds. The summed E-state index contributed by atoms with van der Waals surface area (Å²) in [6, 6.07) is 23.5. The van der Waals surface area contributed by atoms with Crippen molar-refractivity contribution in [3.8, 4) is 17.4 Å². The zero-order chi connectivity index (χ0) is 30.3. The van der Waals surface area contributed by atoms with Gasteiger partial charge in [0.25, 0.3) is 0 Å². The van der Waals surface area contributed by atoms with Crippen molar-refractivity contribution in [2.45, 2.75) is 33.9 Å². The van der Waals surface area contributed by atoms with Crippen LogP contribution in [0.1, 0.15) is 34.7 Å². The topological polar surface area (TPSA) is 54.9 Å². The maximum Gasteiger partial charge on any atom is 0.246 e. The Morgan fingerprint density at radius 2 is 1.60 bits per heavy atom. The van der Waals surface area contributed by atoms with Crippen LogP contribution in [0.2, 0.25) is 10.0 Å². The molecule has 1 aliphatic rings. The number of allylic oxidation sites excluding steroid dienone is 1. The van der Waals surface area contributed by atoms with Crippen molar-refractivity contribution in [1.82, 2.24) is 14.8 Å². The van der Waals surface area contributed by atoms with Crippen molar-refractivity contribution in [3.05, 3.63) is 123 Å². The van der Waals surface area contributed by atoms with Crippen LogP contribution in [-0.2, 0) is 17.9 Å². The molecule has 0 atom stereocenters. The highest BCUT2D eigenvalue weighted by Crippen LogP contribution is 2.35. The smallest absolute Gasteiger partial charge is 0.246 e. The van der Waals surface area contributed by atoms with E-state index in [1.807, 2.05) is 73.3 Å². The normalized spacial score (nSPS) is 14.1. The second kappa shape index (κ2) is 14.1. The number of halogens is 2. The summed E-state index contributed by atoms with van der Waals surface area (Å²) in [4.78, 5) is 21.7. The van der Waals surface area contributed by atoms with Gasteiger partial charge in [-0.2, -0.15) is 0 Å². The van der Waals surface area contributed by atoms with Crippen molar-refractivity contribution in [1.29, 1.82) is 0 Å². The summed E-state index contributed by atoms with van der Waals surface area (Å²) in [6.45, 7) is 10.2. The number of carbonyl (C=O) groups is 1. The predicted octanol–water partition coefficient (Wildman–Crippen LogP) is 8.12. The highest BCUT2D eigenvalue weighted by molar-refractivity contribution is 6.32. The zero-order valence-corrected chi connectivity index (χ0v) is 26.2. The van der Waals surface area contributed by atoms with Crippen LogP contribution in [0.25, 0.3) is 5.57 Å². The van der Waals surface area contributed by atoms with E-state index in [4.69, 9.17) is 32.7 Å². The number of hydrogen-bond donors (Lipinski definition) is 0. The summed E-state index contributed by atoms with van der Waals surface area (Å²) in [5, 5.41) is 1.19. The maximum atomic E-state index is 13.1. The van der Waals surface area contributed by atoms with Crippen LogP contribution in [0.5, 0.6) is 17.4 Å². The Labute approximate surface area is 263 Å². The number of benzene rings is 3. The number of piperazine rings is 1. The highest BCUT2D eigenvalue weighted by Gasteiger charge is 2.20. The minimum Gasteiger partial charge on any atom is -0.487 e. The van der Waals surface area contributed by atoms with Gasteiger partial charge < -0.3 is 14.4 Å². The maximum absolute atomic E-state index is 13.1. The van der Waals surface area contributed by atoms with E-state index in [1.165, 1.54) is 11.1 Å². The monoisotopic (exact) mass is 615 g/mol. The van der Waals surface area contributed by atoms with Gasteiger partial charge in [0.05, 0.1) is 11.2 Å². The van der Waals surface area contributed by atoms with Crippen LogP contribution in [0, 0.1) is 13.8 Å². The molecule has 0 N–H and O–H groups in total. The Kier molecular flexibility index (Phi) is 10.0. The fourth-order valence-electron chi connectivity index (χ4n) is 4.89. The summed E-state index contributed by atoms with van der Waals surface area (Å²) in [5.74, 6) is 1.60. The van der Waals surface area contributed by atoms with Crippen molar-refractivity contribution >= 4 is 34.7 Å². The van der Waals surface area contributed by atoms with Crippen LogP contribution in [0.4, 0.5) is 0 Å². The molecule has 0 saturated carbocycles. The molecule has 1 saturated heterocycles. The molecular weight excluding hydrogens is 581 g/mol. The molecule has 0 unspecified atom stereocenters. The number of amides is 1. The fourth-order valence-corrected chi connectivity index (χ4v) is 5.32. The summed E-state index contributed by atoms with van der Waals surface area (Å²) < 4.78 is 11.9. The van der Waals surface area contributed by atoms with Crippen LogP contribution < -0.4 is 9.47 Å². The largest absolute Gasteiger partial charge is 0.487 e. The Morgan fingerprint density at radius 3 is 2.26 bits per heavy atom. The van der Waals surface area contributed by atoms with Crippen LogP contribution in [0.3, 0.4) is 0 Å². The van der Waals surface area contributed by atoms with Gasteiger partial charge >= 0.3 is 0 Å². The molecule has 5 rings (SSSR count). The molecule has 43 heavy (non-hydrogen) atoms. The Hall–Kier alpha value is -3.84. The molecular formula is C35H35Cl2N3O3. The third-order valence-corrected chi connectivity index (χ3v) is 8.00. The van der Waals surface area contributed by atoms with Crippen LogP contribution in [-0.4, -0.2) is 46.9 Å². The molecule has 222 valence electrons. The Balaban J connectivity index is 1.15. The van der Waals surface area contributed by atoms with E-state index in [0.717, 1.165) is 46.9 Å². The van der Waals surface area contributed by atoms with Crippen LogP contribution >= 0.6 is 23.2 Å². The Morgan fingerprint density at radius 1 is 0.907 bits per heavy atom. The van der Waals surface area contributed by atoms with Gasteiger partial charge in [0.1, 0.15) is 12.4 Å². The van der Waals surface area contributed by atoms with Gasteiger partial charge in [-0.25, -0.2) is 4.98 Å². The first-order valence-electron chi connectivity index (χ1n) is 14.3. The number of hydrogen-bond acceptors (Lipinski definition) is 5. The number of aryl methyl sites for hydroxylation is 2. The summed E-state index contributed by atoms with van der Waals surface area (Å²) in [7, 11) is 0. The second-order valence-corrected chi connectivity index (χ2v) is 11.7. The van der Waals surface area contributed by atoms with E-state index >= 15 is 0 Å². The highest BCUT2D eigenvalue weighted by atomic mass is 35.5. The standard InChI is InChI=1S/C35H35Cl2N3O3/c1-24-4-6-28(7-5-24)23-42-31-12-13-33(38-21-31)43-35-26(3)18-29(20-32(35)37)25(2)19-34(41)40-16-14-39(15-17-40)22-27-8-10-30(36)11-9-27/h4-13,18-21H,14-17,22-23H2,1-3H3/b25-19-. The third kappa shape index (κ3) is 8.38. The molecule has 1 aromatic heterocycles. The van der Waals surface area contributed by atoms with E-state index in [0.29, 0.717) is 42.1 Å². The lowest BCUT2D eigenvalue weighted by Gasteiger charge is -2.34. The first-order valence-corrected chi connectivity index (χ1v) is 15.1. The molecule has 4 aromatic rings. The Bertz CT molecular complexity index is 1560. The molecule has 2 heterocycles. The van der Waals surface area contributed by atoms with Gasteiger partial charge in [-0.05, 0) is 78.9 Å².